The number of aromatic nitrogens is 1. The van der Waals surface area contributed by atoms with Crippen molar-refractivity contribution in [2.45, 2.75) is 13.3 Å². The SMILES string of the molecule is CCc1cc(NN)c2cc(Cl)cc(Cl)c2n1. The zero-order valence-corrected chi connectivity index (χ0v) is 10.2. The predicted octanol–water partition coefficient (Wildman–Crippen LogP) is 3.39. The molecule has 0 unspecified atom stereocenters. The Bertz CT molecular complexity index is 540. The first-order valence-corrected chi connectivity index (χ1v) is 5.66. The Hall–Kier alpha value is -1.03. The summed E-state index contributed by atoms with van der Waals surface area (Å²) in [6.07, 6.45) is 0.823. The number of nitrogen functional groups attached to an aromatic ring is 1. The summed E-state index contributed by atoms with van der Waals surface area (Å²) in [7, 11) is 0. The second-order valence-electron chi connectivity index (χ2n) is 3.44. The summed E-state index contributed by atoms with van der Waals surface area (Å²) in [4.78, 5) is 4.46. The lowest BCUT2D eigenvalue weighted by molar-refractivity contribution is 1.06. The van der Waals surface area contributed by atoms with Crippen LogP contribution in [0.25, 0.3) is 10.9 Å². The van der Waals surface area contributed by atoms with Crippen LogP contribution < -0.4 is 11.3 Å². The number of benzene rings is 1. The third-order valence-corrected chi connectivity index (χ3v) is 2.91. The van der Waals surface area contributed by atoms with Crippen LogP contribution in [0.1, 0.15) is 12.6 Å². The monoisotopic (exact) mass is 255 g/mol. The number of hydrogen-bond donors (Lipinski definition) is 2. The first-order chi connectivity index (χ1) is 7.65. The first kappa shape index (κ1) is 11.5. The van der Waals surface area contributed by atoms with Crippen molar-refractivity contribution in [3.8, 4) is 0 Å². The summed E-state index contributed by atoms with van der Waals surface area (Å²) in [6.45, 7) is 2.03. The Kier molecular flexibility index (Phi) is 3.19. The summed E-state index contributed by atoms with van der Waals surface area (Å²) >= 11 is 12.1. The van der Waals surface area contributed by atoms with Gasteiger partial charge in [0, 0.05) is 16.1 Å². The summed E-state index contributed by atoms with van der Waals surface area (Å²) < 4.78 is 0. The molecule has 1 aromatic heterocycles. The van der Waals surface area contributed by atoms with Gasteiger partial charge in [-0.25, -0.2) is 0 Å². The molecular weight excluding hydrogens is 245 g/mol. The van der Waals surface area contributed by atoms with Gasteiger partial charge in [-0.2, -0.15) is 0 Å². The molecular formula is C11H11Cl2N3. The lowest BCUT2D eigenvalue weighted by Gasteiger charge is -2.09. The molecule has 0 spiro atoms. The van der Waals surface area contributed by atoms with Gasteiger partial charge < -0.3 is 5.43 Å². The highest BCUT2D eigenvalue weighted by molar-refractivity contribution is 6.38. The van der Waals surface area contributed by atoms with E-state index in [0.29, 0.717) is 10.0 Å². The Morgan fingerprint density at radius 2 is 2.06 bits per heavy atom. The molecule has 1 aromatic carbocycles. The van der Waals surface area contributed by atoms with Gasteiger partial charge in [0.2, 0.25) is 0 Å². The van der Waals surface area contributed by atoms with E-state index in [1.165, 1.54) is 0 Å². The van der Waals surface area contributed by atoms with Gasteiger partial charge in [0.1, 0.15) is 0 Å². The standard InChI is InChI=1S/C11H11Cl2N3/c1-2-7-5-10(16-14)8-3-6(12)4-9(13)11(8)15-7/h3-5H,2,14H2,1H3,(H,15,16). The number of anilines is 1. The molecule has 0 aliphatic carbocycles. The van der Waals surface area contributed by atoms with E-state index in [9.17, 15) is 0 Å². The molecule has 0 bridgehead atoms. The number of nitrogens with one attached hydrogen (secondary N) is 1. The number of rotatable bonds is 2. The van der Waals surface area contributed by atoms with E-state index in [2.05, 4.69) is 10.4 Å². The molecule has 0 radical (unpaired) electrons. The first-order valence-electron chi connectivity index (χ1n) is 4.91. The largest absolute Gasteiger partial charge is 0.323 e. The average molecular weight is 256 g/mol. The lowest BCUT2D eigenvalue weighted by Crippen LogP contribution is -2.08. The number of hydrogen-bond acceptors (Lipinski definition) is 3. The van der Waals surface area contributed by atoms with Crippen LogP contribution in [-0.2, 0) is 6.42 Å². The van der Waals surface area contributed by atoms with Crippen LogP contribution in [0, 0.1) is 0 Å². The van der Waals surface area contributed by atoms with Gasteiger partial charge in [-0.05, 0) is 24.6 Å². The van der Waals surface area contributed by atoms with Crippen molar-refractivity contribution in [3.63, 3.8) is 0 Å². The third-order valence-electron chi connectivity index (χ3n) is 2.40. The number of nitrogens with zero attached hydrogens (tertiary/aromatic N) is 1. The van der Waals surface area contributed by atoms with Gasteiger partial charge in [0.05, 0.1) is 16.2 Å². The number of aryl methyl sites for hydroxylation is 1. The fourth-order valence-corrected chi connectivity index (χ4v) is 2.14. The van der Waals surface area contributed by atoms with Crippen LogP contribution in [0.15, 0.2) is 18.2 Å². The maximum Gasteiger partial charge on any atom is 0.0913 e. The number of hydrazine groups is 1. The van der Waals surface area contributed by atoms with Crippen LogP contribution in [-0.4, -0.2) is 4.98 Å². The Labute approximate surface area is 104 Å². The average Bonchev–Trinajstić information content (AvgIpc) is 2.28. The van der Waals surface area contributed by atoms with Gasteiger partial charge >= 0.3 is 0 Å². The highest BCUT2D eigenvalue weighted by Gasteiger charge is 2.08. The van der Waals surface area contributed by atoms with Crippen LogP contribution in [0.2, 0.25) is 10.0 Å². The number of fused-ring (bicyclic) bond motifs is 1. The molecule has 0 aliphatic rings. The molecule has 2 rings (SSSR count). The fraction of sp³-hybridized carbons (Fsp3) is 0.182. The molecule has 0 saturated carbocycles. The molecule has 0 saturated heterocycles. The van der Waals surface area contributed by atoms with Gasteiger partial charge in [0.25, 0.3) is 0 Å². The molecule has 1 heterocycles. The van der Waals surface area contributed by atoms with E-state index in [1.54, 1.807) is 12.1 Å². The highest BCUT2D eigenvalue weighted by atomic mass is 35.5. The molecule has 3 nitrogen and oxygen atoms in total. The van der Waals surface area contributed by atoms with Crippen molar-refractivity contribution in [2.24, 2.45) is 5.84 Å². The van der Waals surface area contributed by atoms with Gasteiger partial charge in [-0.15, -0.1) is 0 Å². The van der Waals surface area contributed by atoms with E-state index in [1.807, 2.05) is 13.0 Å². The molecule has 0 aliphatic heterocycles. The summed E-state index contributed by atoms with van der Waals surface area (Å²) in [6, 6.07) is 5.37. The molecule has 16 heavy (non-hydrogen) atoms. The maximum absolute atomic E-state index is 6.10. The quantitative estimate of drug-likeness (QED) is 0.639. The number of pyridine rings is 1. The molecule has 2 aromatic rings. The van der Waals surface area contributed by atoms with E-state index < -0.39 is 0 Å². The second-order valence-corrected chi connectivity index (χ2v) is 4.29. The van der Waals surface area contributed by atoms with Gasteiger partial charge in [0.15, 0.2) is 0 Å². The molecule has 5 heteroatoms. The van der Waals surface area contributed by atoms with E-state index in [0.717, 1.165) is 28.7 Å². The highest BCUT2D eigenvalue weighted by Crippen LogP contribution is 2.31. The minimum Gasteiger partial charge on any atom is -0.323 e. The van der Waals surface area contributed by atoms with Crippen LogP contribution in [0.3, 0.4) is 0 Å². The third kappa shape index (κ3) is 1.94. The Morgan fingerprint density at radius 3 is 2.69 bits per heavy atom. The lowest BCUT2D eigenvalue weighted by atomic mass is 10.1. The molecule has 3 N–H and O–H groups in total. The Morgan fingerprint density at radius 1 is 1.31 bits per heavy atom. The fourth-order valence-electron chi connectivity index (χ4n) is 1.61. The predicted molar refractivity (Wildman–Crippen MR) is 69.0 cm³/mol. The minimum atomic E-state index is 0.536. The topological polar surface area (TPSA) is 50.9 Å². The van der Waals surface area contributed by atoms with Crippen molar-refractivity contribution in [3.05, 3.63) is 33.9 Å². The minimum absolute atomic E-state index is 0.536. The summed E-state index contributed by atoms with van der Waals surface area (Å²) in [5, 5.41) is 1.94. The zero-order valence-electron chi connectivity index (χ0n) is 8.72. The molecule has 0 amide bonds. The van der Waals surface area contributed by atoms with Crippen molar-refractivity contribution >= 4 is 39.8 Å². The van der Waals surface area contributed by atoms with Crippen molar-refractivity contribution in [2.75, 3.05) is 5.43 Å². The summed E-state index contributed by atoms with van der Waals surface area (Å²) in [5.74, 6) is 5.48. The van der Waals surface area contributed by atoms with Crippen molar-refractivity contribution in [1.29, 1.82) is 0 Å². The van der Waals surface area contributed by atoms with Crippen LogP contribution in [0.4, 0.5) is 5.69 Å². The summed E-state index contributed by atoms with van der Waals surface area (Å²) in [5.41, 5.74) is 5.08. The van der Waals surface area contributed by atoms with Crippen molar-refractivity contribution in [1.82, 2.24) is 4.98 Å². The van der Waals surface area contributed by atoms with Gasteiger partial charge in [-0.1, -0.05) is 30.1 Å². The number of halogens is 2. The Balaban J connectivity index is 2.83. The van der Waals surface area contributed by atoms with E-state index in [-0.39, 0.29) is 0 Å². The normalized spacial score (nSPS) is 10.8. The molecule has 0 atom stereocenters. The van der Waals surface area contributed by atoms with Crippen molar-refractivity contribution < 1.29 is 0 Å². The smallest absolute Gasteiger partial charge is 0.0913 e. The molecule has 84 valence electrons. The second kappa shape index (κ2) is 4.45. The maximum atomic E-state index is 6.10. The van der Waals surface area contributed by atoms with Crippen LogP contribution in [0.5, 0.6) is 0 Å². The molecule has 0 fully saturated rings. The van der Waals surface area contributed by atoms with E-state index >= 15 is 0 Å². The number of nitrogens with two attached hydrogens (primary N) is 1. The van der Waals surface area contributed by atoms with Gasteiger partial charge in [-0.3, -0.25) is 10.8 Å². The zero-order chi connectivity index (χ0) is 11.7. The van der Waals surface area contributed by atoms with E-state index in [4.69, 9.17) is 29.0 Å². The van der Waals surface area contributed by atoms with Crippen LogP contribution >= 0.6 is 23.2 Å².